The van der Waals surface area contributed by atoms with Crippen molar-refractivity contribution >= 4 is 42.2 Å². The first kappa shape index (κ1) is 26.7. The lowest BCUT2D eigenvalue weighted by Crippen LogP contribution is -2.13. The Morgan fingerprint density at radius 2 is 1.91 bits per heavy atom. The Kier molecular flexibility index (Phi) is 10.2. The molecule has 2 aromatic carbocycles. The number of fused-ring (bicyclic) bond motifs is 1. The number of rotatable bonds is 9. The normalized spacial score (nSPS) is 12.9. The summed E-state index contributed by atoms with van der Waals surface area (Å²) in [5, 5.41) is 12.9. The van der Waals surface area contributed by atoms with Gasteiger partial charge in [0.2, 0.25) is 8.30 Å². The maximum atomic E-state index is 15.1. The second-order valence-corrected chi connectivity index (χ2v) is 10.9. The molecule has 33 heavy (non-hydrogen) atoms. The number of thiophene rings is 1. The highest BCUT2D eigenvalue weighted by atomic mass is 32.1. The molecule has 0 bridgehead atoms. The van der Waals surface area contributed by atoms with Crippen LogP contribution in [0.1, 0.15) is 48.8 Å². The monoisotopic (exact) mass is 493 g/mol. The lowest BCUT2D eigenvalue weighted by molar-refractivity contribution is -0.131. The highest BCUT2D eigenvalue weighted by Gasteiger charge is 2.26. The van der Waals surface area contributed by atoms with Crippen LogP contribution < -0.4 is 9.61 Å². The largest absolute Gasteiger partial charge is 0.477 e. The van der Waals surface area contributed by atoms with Crippen molar-refractivity contribution in [1.29, 1.82) is 0 Å². The van der Waals surface area contributed by atoms with Gasteiger partial charge in [-0.2, -0.15) is 0 Å². The van der Waals surface area contributed by atoms with Crippen LogP contribution in [0.4, 0.5) is 4.39 Å². The number of carboxylic acids is 1. The summed E-state index contributed by atoms with van der Waals surface area (Å²) in [5.74, 6) is -1.68. The summed E-state index contributed by atoms with van der Waals surface area (Å²) in [5.41, 5.74) is 0.575. The Hall–Kier alpha value is -2.54. The molecule has 0 saturated carbocycles. The number of para-hydroxylation sites is 1. The summed E-state index contributed by atoms with van der Waals surface area (Å²) >= 11 is 1.18. The van der Waals surface area contributed by atoms with Gasteiger partial charge in [-0.1, -0.05) is 52.0 Å². The number of carbonyl (C=O) groups excluding carboxylic acids is 1. The van der Waals surface area contributed by atoms with E-state index in [0.29, 0.717) is 30.9 Å². The van der Waals surface area contributed by atoms with Gasteiger partial charge in [-0.25, -0.2) is 9.18 Å². The van der Waals surface area contributed by atoms with E-state index in [9.17, 15) is 9.59 Å². The van der Waals surface area contributed by atoms with E-state index < -0.39 is 20.2 Å². The number of ether oxygens (including phenoxy) is 1. The van der Waals surface area contributed by atoms with Crippen molar-refractivity contribution in [2.75, 3.05) is 13.2 Å². The number of halogens is 1. The molecule has 6 nitrogen and oxygen atoms in total. The number of hydrogen-bond donors (Lipinski definition) is 2. The van der Waals surface area contributed by atoms with E-state index >= 15 is 4.39 Å². The van der Waals surface area contributed by atoms with E-state index in [1.54, 1.807) is 36.4 Å². The maximum absolute atomic E-state index is 15.1. The standard InChI is InChI=1S/C18H17FNO3PS.C6H12O2/c1-2-20-24(23-14-6-4-3-5-7-14)17(19)12-8-9-15-13(10-12)11-16(25-15)18(21)22;1-6(2,3)4-8-5-7/h3-11,17,20H,2H2,1H3,(H,21,22);5H,4H2,1-3H3. The highest BCUT2D eigenvalue weighted by Crippen LogP contribution is 2.50. The first-order chi connectivity index (χ1) is 15.6. The van der Waals surface area contributed by atoms with E-state index in [0.717, 1.165) is 10.1 Å². The van der Waals surface area contributed by atoms with Crippen LogP contribution in [0.5, 0.6) is 5.75 Å². The molecule has 0 aliphatic carbocycles. The fourth-order valence-corrected chi connectivity index (χ4v) is 4.94. The van der Waals surface area contributed by atoms with Gasteiger partial charge in [0.1, 0.15) is 10.6 Å². The third kappa shape index (κ3) is 8.72. The Labute approximate surface area is 198 Å². The third-order valence-corrected chi connectivity index (χ3v) is 6.93. The number of alkyl halides is 1. The second kappa shape index (κ2) is 12.6. The molecule has 178 valence electrons. The minimum Gasteiger partial charge on any atom is -0.477 e. The van der Waals surface area contributed by atoms with Crippen LogP contribution in [0.3, 0.4) is 0 Å². The molecule has 2 atom stereocenters. The molecule has 0 amide bonds. The first-order valence-electron chi connectivity index (χ1n) is 10.4. The van der Waals surface area contributed by atoms with Crippen LogP contribution in [0.2, 0.25) is 0 Å². The topological polar surface area (TPSA) is 84.9 Å². The van der Waals surface area contributed by atoms with E-state index in [4.69, 9.17) is 9.63 Å². The van der Waals surface area contributed by atoms with Crippen molar-refractivity contribution in [2.24, 2.45) is 5.41 Å². The highest BCUT2D eigenvalue weighted by molar-refractivity contribution is 7.51. The molecule has 0 saturated heterocycles. The number of aromatic carboxylic acids is 1. The van der Waals surface area contributed by atoms with Crippen LogP contribution in [0, 0.1) is 5.41 Å². The lowest BCUT2D eigenvalue weighted by atomic mass is 9.99. The zero-order chi connectivity index (χ0) is 24.4. The van der Waals surface area contributed by atoms with E-state index in [1.165, 1.54) is 11.3 Å². The fourth-order valence-electron chi connectivity index (χ4n) is 2.64. The van der Waals surface area contributed by atoms with Crippen LogP contribution in [-0.4, -0.2) is 30.7 Å². The van der Waals surface area contributed by atoms with Gasteiger partial charge in [0.05, 0.1) is 6.61 Å². The van der Waals surface area contributed by atoms with Crippen molar-refractivity contribution < 1.29 is 28.3 Å². The molecule has 0 fully saturated rings. The Morgan fingerprint density at radius 3 is 2.45 bits per heavy atom. The number of benzene rings is 2. The summed E-state index contributed by atoms with van der Waals surface area (Å²) < 4.78 is 26.2. The second-order valence-electron chi connectivity index (χ2n) is 8.26. The van der Waals surface area contributed by atoms with Gasteiger partial charge in [-0.15, -0.1) is 11.3 Å². The molecule has 9 heteroatoms. The quantitative estimate of drug-likeness (QED) is 0.253. The molecular formula is C24H29FNO5PS. The van der Waals surface area contributed by atoms with Crippen molar-refractivity contribution in [2.45, 2.75) is 33.6 Å². The van der Waals surface area contributed by atoms with Crippen LogP contribution >= 0.6 is 19.6 Å². The van der Waals surface area contributed by atoms with E-state index in [-0.39, 0.29) is 10.3 Å². The summed E-state index contributed by atoms with van der Waals surface area (Å²) in [6, 6.07) is 15.9. The average Bonchev–Trinajstić information content (AvgIpc) is 3.21. The molecule has 2 N–H and O–H groups in total. The molecule has 2 unspecified atom stereocenters. The Morgan fingerprint density at radius 1 is 1.21 bits per heavy atom. The van der Waals surface area contributed by atoms with Gasteiger partial charge in [-0.05, 0) is 53.2 Å². The molecule has 0 aliphatic heterocycles. The summed E-state index contributed by atoms with van der Waals surface area (Å²) in [6.07, 6.45) is 0. The molecule has 0 radical (unpaired) electrons. The van der Waals surface area contributed by atoms with Gasteiger partial charge in [-0.3, -0.25) is 9.88 Å². The number of carbonyl (C=O) groups is 2. The van der Waals surface area contributed by atoms with Gasteiger partial charge < -0.3 is 14.4 Å². The third-order valence-electron chi connectivity index (χ3n) is 4.08. The first-order valence-corrected chi connectivity index (χ1v) is 12.5. The van der Waals surface area contributed by atoms with E-state index in [2.05, 4.69) is 9.82 Å². The summed E-state index contributed by atoms with van der Waals surface area (Å²) in [6.45, 7) is 9.49. The zero-order valence-electron chi connectivity index (χ0n) is 19.1. The predicted molar refractivity (Wildman–Crippen MR) is 132 cm³/mol. The summed E-state index contributed by atoms with van der Waals surface area (Å²) in [7, 11) is -1.57. The van der Waals surface area contributed by atoms with Crippen LogP contribution in [-0.2, 0) is 9.53 Å². The van der Waals surface area contributed by atoms with Crippen molar-refractivity contribution in [3.8, 4) is 5.75 Å². The van der Waals surface area contributed by atoms with Gasteiger partial charge in [0, 0.05) is 4.70 Å². The van der Waals surface area contributed by atoms with Crippen molar-refractivity contribution in [3.63, 3.8) is 0 Å². The zero-order valence-corrected chi connectivity index (χ0v) is 20.8. The van der Waals surface area contributed by atoms with Crippen molar-refractivity contribution in [3.05, 3.63) is 65.0 Å². The predicted octanol–water partition coefficient (Wildman–Crippen LogP) is 6.77. The minimum atomic E-state index is -1.57. The molecule has 0 aliphatic rings. The van der Waals surface area contributed by atoms with Gasteiger partial charge in [0.25, 0.3) is 6.47 Å². The fraction of sp³-hybridized carbons (Fsp3) is 0.333. The van der Waals surface area contributed by atoms with Gasteiger partial charge >= 0.3 is 5.97 Å². The number of hydrogen-bond acceptors (Lipinski definition) is 6. The van der Waals surface area contributed by atoms with Crippen LogP contribution in [0.25, 0.3) is 10.1 Å². The molecule has 3 rings (SSSR count). The smallest absolute Gasteiger partial charge is 0.345 e. The lowest BCUT2D eigenvalue weighted by Gasteiger charge is -2.22. The molecule has 0 spiro atoms. The Balaban J connectivity index is 0.000000414. The number of nitrogens with one attached hydrogen (secondary N) is 1. The molecular weight excluding hydrogens is 464 g/mol. The maximum Gasteiger partial charge on any atom is 0.345 e. The minimum absolute atomic E-state index is 0.0981. The molecule has 1 aromatic heterocycles. The molecule has 1 heterocycles. The molecule has 3 aromatic rings. The SMILES string of the molecule is CC(C)(C)COC=O.CCNP(Oc1ccccc1)C(F)c1ccc2sc(C(=O)O)cc2c1. The Bertz CT molecular complexity index is 1040. The number of carboxylic acid groups (broad SMARTS) is 1. The summed E-state index contributed by atoms with van der Waals surface area (Å²) in [4.78, 5) is 21.0. The van der Waals surface area contributed by atoms with E-state index in [1.807, 2.05) is 45.9 Å². The van der Waals surface area contributed by atoms with Gasteiger partial charge in [0.15, 0.2) is 5.91 Å². The van der Waals surface area contributed by atoms with Crippen LogP contribution in [0.15, 0.2) is 54.6 Å². The van der Waals surface area contributed by atoms with Crippen molar-refractivity contribution in [1.82, 2.24) is 5.09 Å². The average molecular weight is 494 g/mol.